The first kappa shape index (κ1) is 14.0. The van der Waals surface area contributed by atoms with Crippen LogP contribution < -0.4 is 4.74 Å². The van der Waals surface area contributed by atoms with Gasteiger partial charge in [0.15, 0.2) is 11.6 Å². The van der Waals surface area contributed by atoms with Crippen LogP contribution in [0.25, 0.3) is 0 Å². The molecule has 0 aliphatic rings. The van der Waals surface area contributed by atoms with Crippen molar-refractivity contribution in [1.82, 2.24) is 4.90 Å². The van der Waals surface area contributed by atoms with Gasteiger partial charge in [0.2, 0.25) is 0 Å². The molecule has 0 radical (unpaired) electrons. The van der Waals surface area contributed by atoms with E-state index < -0.39 is 11.6 Å². The van der Waals surface area contributed by atoms with Gasteiger partial charge in [-0.2, -0.15) is 0 Å². The molecule has 2 aromatic carbocycles. The molecular weight excluding hydrogens is 264 g/mol. The smallest absolute Gasteiger partial charge is 0.253 e. The van der Waals surface area contributed by atoms with E-state index in [0.29, 0.717) is 11.3 Å². The number of rotatable bonds is 3. The number of halogens is 2. The summed E-state index contributed by atoms with van der Waals surface area (Å²) < 4.78 is 31.5. The molecule has 0 atom stereocenters. The number of carbonyl (C=O) groups is 1. The van der Waals surface area contributed by atoms with Crippen LogP contribution in [0.15, 0.2) is 42.5 Å². The predicted molar refractivity (Wildman–Crippen MR) is 70.9 cm³/mol. The van der Waals surface area contributed by atoms with Crippen molar-refractivity contribution in [1.29, 1.82) is 0 Å². The standard InChI is InChI=1S/C15H13F2NO2/c1-18(2)15(19)10-3-6-12(7-4-10)20-14-8-5-11(16)9-13(14)17/h3-9H,1-2H3. The minimum atomic E-state index is -0.779. The van der Waals surface area contributed by atoms with E-state index in [1.54, 1.807) is 38.4 Å². The highest BCUT2D eigenvalue weighted by Crippen LogP contribution is 2.25. The van der Waals surface area contributed by atoms with Crippen molar-refractivity contribution in [3.63, 3.8) is 0 Å². The molecule has 2 rings (SSSR count). The summed E-state index contributed by atoms with van der Waals surface area (Å²) in [5.41, 5.74) is 0.502. The van der Waals surface area contributed by atoms with Crippen molar-refractivity contribution < 1.29 is 18.3 Å². The third-order valence-corrected chi connectivity index (χ3v) is 2.63. The Morgan fingerprint density at radius 3 is 2.25 bits per heavy atom. The third kappa shape index (κ3) is 3.12. The van der Waals surface area contributed by atoms with Crippen LogP contribution in [0.2, 0.25) is 0 Å². The van der Waals surface area contributed by atoms with Crippen molar-refractivity contribution >= 4 is 5.91 Å². The highest BCUT2D eigenvalue weighted by atomic mass is 19.1. The van der Waals surface area contributed by atoms with Gasteiger partial charge >= 0.3 is 0 Å². The number of ether oxygens (including phenoxy) is 1. The number of hydrogen-bond donors (Lipinski definition) is 0. The fourth-order valence-electron chi connectivity index (χ4n) is 1.61. The maximum atomic E-state index is 13.4. The Bertz CT molecular complexity index is 624. The van der Waals surface area contributed by atoms with Gasteiger partial charge in [-0.05, 0) is 36.4 Å². The van der Waals surface area contributed by atoms with Gasteiger partial charge in [-0.25, -0.2) is 8.78 Å². The van der Waals surface area contributed by atoms with Gasteiger partial charge in [0.1, 0.15) is 11.6 Å². The van der Waals surface area contributed by atoms with Crippen LogP contribution in [0.4, 0.5) is 8.78 Å². The Labute approximate surface area is 115 Å². The second-order valence-electron chi connectivity index (χ2n) is 4.40. The van der Waals surface area contributed by atoms with Crippen molar-refractivity contribution in [3.05, 3.63) is 59.7 Å². The van der Waals surface area contributed by atoms with Crippen molar-refractivity contribution in [2.45, 2.75) is 0 Å². The second-order valence-corrected chi connectivity index (χ2v) is 4.40. The zero-order chi connectivity index (χ0) is 14.7. The van der Waals surface area contributed by atoms with E-state index in [9.17, 15) is 13.6 Å². The third-order valence-electron chi connectivity index (χ3n) is 2.63. The number of benzene rings is 2. The van der Waals surface area contributed by atoms with Crippen molar-refractivity contribution in [3.8, 4) is 11.5 Å². The molecule has 0 fully saturated rings. The average Bonchev–Trinajstić information content (AvgIpc) is 2.42. The molecule has 0 heterocycles. The molecule has 1 amide bonds. The monoisotopic (exact) mass is 277 g/mol. The summed E-state index contributed by atoms with van der Waals surface area (Å²) in [4.78, 5) is 13.1. The van der Waals surface area contributed by atoms with Gasteiger partial charge in [0, 0.05) is 25.7 Å². The van der Waals surface area contributed by atoms with Gasteiger partial charge in [-0.1, -0.05) is 0 Å². The Morgan fingerprint density at radius 1 is 1.05 bits per heavy atom. The number of carbonyl (C=O) groups excluding carboxylic acids is 1. The largest absolute Gasteiger partial charge is 0.454 e. The Balaban J connectivity index is 2.17. The molecule has 0 unspecified atom stereocenters. The lowest BCUT2D eigenvalue weighted by molar-refractivity contribution is 0.0827. The lowest BCUT2D eigenvalue weighted by atomic mass is 10.2. The maximum absolute atomic E-state index is 13.4. The fraction of sp³-hybridized carbons (Fsp3) is 0.133. The molecule has 0 aromatic heterocycles. The molecular formula is C15H13F2NO2. The molecule has 0 saturated heterocycles. The van der Waals surface area contributed by atoms with E-state index >= 15 is 0 Å². The molecule has 0 saturated carbocycles. The minimum absolute atomic E-state index is 0.0712. The predicted octanol–water partition coefficient (Wildman–Crippen LogP) is 3.46. The minimum Gasteiger partial charge on any atom is -0.454 e. The van der Waals surface area contributed by atoms with Crippen LogP contribution in [-0.4, -0.2) is 24.9 Å². The van der Waals surface area contributed by atoms with Crippen LogP contribution in [0, 0.1) is 11.6 Å². The normalized spacial score (nSPS) is 10.2. The molecule has 2 aromatic rings. The van der Waals surface area contributed by atoms with Gasteiger partial charge in [-0.3, -0.25) is 4.79 Å². The van der Waals surface area contributed by atoms with Crippen molar-refractivity contribution in [2.75, 3.05) is 14.1 Å². The fourth-order valence-corrected chi connectivity index (χ4v) is 1.61. The first-order valence-electron chi connectivity index (χ1n) is 5.92. The van der Waals surface area contributed by atoms with Gasteiger partial charge < -0.3 is 9.64 Å². The van der Waals surface area contributed by atoms with E-state index in [2.05, 4.69) is 0 Å². The molecule has 3 nitrogen and oxygen atoms in total. The lowest BCUT2D eigenvalue weighted by Crippen LogP contribution is -2.21. The highest BCUT2D eigenvalue weighted by Gasteiger charge is 2.09. The molecule has 5 heteroatoms. The quantitative estimate of drug-likeness (QED) is 0.860. The zero-order valence-electron chi connectivity index (χ0n) is 11.1. The first-order valence-corrected chi connectivity index (χ1v) is 5.92. The molecule has 0 aliphatic heterocycles. The van der Waals surface area contributed by atoms with Gasteiger partial charge in [0.05, 0.1) is 0 Å². The molecule has 0 spiro atoms. The van der Waals surface area contributed by atoms with E-state index in [4.69, 9.17) is 4.74 Å². The highest BCUT2D eigenvalue weighted by molar-refractivity contribution is 5.93. The number of hydrogen-bond acceptors (Lipinski definition) is 2. The summed E-state index contributed by atoms with van der Waals surface area (Å²) in [6.07, 6.45) is 0. The molecule has 20 heavy (non-hydrogen) atoms. The number of nitrogens with zero attached hydrogens (tertiary/aromatic N) is 1. The Kier molecular flexibility index (Phi) is 3.98. The summed E-state index contributed by atoms with van der Waals surface area (Å²) in [5, 5.41) is 0. The first-order chi connectivity index (χ1) is 9.47. The Morgan fingerprint density at radius 2 is 1.70 bits per heavy atom. The van der Waals surface area contributed by atoms with E-state index in [0.717, 1.165) is 12.1 Å². The Hall–Kier alpha value is -2.43. The zero-order valence-corrected chi connectivity index (χ0v) is 11.1. The summed E-state index contributed by atoms with van der Waals surface area (Å²) in [7, 11) is 3.31. The van der Waals surface area contributed by atoms with E-state index in [1.807, 2.05) is 0 Å². The van der Waals surface area contributed by atoms with Crippen LogP contribution in [0.1, 0.15) is 10.4 Å². The second kappa shape index (κ2) is 5.69. The molecule has 0 N–H and O–H groups in total. The SMILES string of the molecule is CN(C)C(=O)c1ccc(Oc2ccc(F)cc2F)cc1. The summed E-state index contributed by atoms with van der Waals surface area (Å²) >= 11 is 0. The topological polar surface area (TPSA) is 29.5 Å². The maximum Gasteiger partial charge on any atom is 0.253 e. The van der Waals surface area contributed by atoms with E-state index in [-0.39, 0.29) is 11.7 Å². The summed E-state index contributed by atoms with van der Waals surface area (Å²) in [6, 6.07) is 9.35. The van der Waals surface area contributed by atoms with Crippen molar-refractivity contribution in [2.24, 2.45) is 0 Å². The number of amides is 1. The van der Waals surface area contributed by atoms with Gasteiger partial charge in [0.25, 0.3) is 5.91 Å². The van der Waals surface area contributed by atoms with Crippen LogP contribution in [-0.2, 0) is 0 Å². The van der Waals surface area contributed by atoms with Crippen LogP contribution >= 0.6 is 0 Å². The summed E-state index contributed by atoms with van der Waals surface area (Å²) in [6.45, 7) is 0. The average molecular weight is 277 g/mol. The lowest BCUT2D eigenvalue weighted by Gasteiger charge is -2.11. The van der Waals surface area contributed by atoms with E-state index in [1.165, 1.54) is 11.0 Å². The molecule has 0 bridgehead atoms. The van der Waals surface area contributed by atoms with Crippen LogP contribution in [0.3, 0.4) is 0 Å². The van der Waals surface area contributed by atoms with Gasteiger partial charge in [-0.15, -0.1) is 0 Å². The summed E-state index contributed by atoms with van der Waals surface area (Å²) in [5.74, 6) is -1.28. The molecule has 104 valence electrons. The van der Waals surface area contributed by atoms with Crippen LogP contribution in [0.5, 0.6) is 11.5 Å². The molecule has 0 aliphatic carbocycles.